The Morgan fingerprint density at radius 1 is 1.03 bits per heavy atom. The highest BCUT2D eigenvalue weighted by molar-refractivity contribution is 6.06. The van der Waals surface area contributed by atoms with Gasteiger partial charge in [-0.3, -0.25) is 9.78 Å². The highest BCUT2D eigenvalue weighted by atomic mass is 16.1. The van der Waals surface area contributed by atoms with Gasteiger partial charge in [0, 0.05) is 45.3 Å². The molecule has 0 fully saturated rings. The Labute approximate surface area is 184 Å². The summed E-state index contributed by atoms with van der Waals surface area (Å²) >= 11 is 0. The normalized spacial score (nSPS) is 10.8. The van der Waals surface area contributed by atoms with Crippen LogP contribution in [0.3, 0.4) is 0 Å². The molecule has 1 N–H and O–H groups in total. The summed E-state index contributed by atoms with van der Waals surface area (Å²) in [6.07, 6.45) is 4.98. The smallest absolute Gasteiger partial charge is 0.257 e. The van der Waals surface area contributed by atoms with Crippen molar-refractivity contribution in [1.82, 2.24) is 15.0 Å². The molecule has 1 amide bonds. The van der Waals surface area contributed by atoms with Gasteiger partial charge in [0.1, 0.15) is 12.1 Å². The summed E-state index contributed by atoms with van der Waals surface area (Å²) in [5.74, 6) is 1.11. The van der Waals surface area contributed by atoms with Crippen LogP contribution in [0, 0.1) is 6.92 Å². The second-order valence-electron chi connectivity index (χ2n) is 7.93. The molecule has 3 rings (SSSR count). The molecular formula is C24H30N6O. The van der Waals surface area contributed by atoms with E-state index in [4.69, 9.17) is 0 Å². The van der Waals surface area contributed by atoms with Crippen LogP contribution < -0.4 is 15.1 Å². The van der Waals surface area contributed by atoms with Gasteiger partial charge in [0.15, 0.2) is 0 Å². The summed E-state index contributed by atoms with van der Waals surface area (Å²) in [5, 5.41) is 3.08. The third kappa shape index (κ3) is 5.57. The fourth-order valence-electron chi connectivity index (χ4n) is 3.29. The topological polar surface area (TPSA) is 74.2 Å². The molecule has 0 aliphatic heterocycles. The first-order valence-electron chi connectivity index (χ1n) is 10.4. The number of benzene rings is 1. The lowest BCUT2D eigenvalue weighted by Gasteiger charge is -2.27. The second-order valence-corrected chi connectivity index (χ2v) is 7.93. The van der Waals surface area contributed by atoms with Crippen molar-refractivity contribution in [3.63, 3.8) is 0 Å². The van der Waals surface area contributed by atoms with Crippen LogP contribution in [0.1, 0.15) is 41.4 Å². The van der Waals surface area contributed by atoms with Gasteiger partial charge in [-0.1, -0.05) is 19.9 Å². The molecule has 0 aliphatic rings. The Morgan fingerprint density at radius 3 is 2.48 bits per heavy atom. The number of rotatable bonds is 8. The Morgan fingerprint density at radius 2 is 1.81 bits per heavy atom. The monoisotopic (exact) mass is 418 g/mol. The molecule has 1 aromatic carbocycles. The van der Waals surface area contributed by atoms with Crippen molar-refractivity contribution in [3.05, 3.63) is 71.9 Å². The van der Waals surface area contributed by atoms with Crippen LogP contribution in [0.5, 0.6) is 0 Å². The van der Waals surface area contributed by atoms with Gasteiger partial charge in [0.25, 0.3) is 5.91 Å². The average Bonchev–Trinajstić information content (AvgIpc) is 2.78. The summed E-state index contributed by atoms with van der Waals surface area (Å²) < 4.78 is 0. The van der Waals surface area contributed by atoms with Crippen molar-refractivity contribution in [2.24, 2.45) is 0 Å². The van der Waals surface area contributed by atoms with E-state index in [0.717, 1.165) is 30.3 Å². The number of amides is 1. The number of aryl methyl sites for hydroxylation is 1. The molecule has 0 aliphatic carbocycles. The van der Waals surface area contributed by atoms with E-state index in [1.165, 1.54) is 5.56 Å². The van der Waals surface area contributed by atoms with Crippen molar-refractivity contribution in [2.75, 3.05) is 42.3 Å². The number of anilines is 3. The zero-order valence-corrected chi connectivity index (χ0v) is 18.8. The third-order valence-corrected chi connectivity index (χ3v) is 5.33. The van der Waals surface area contributed by atoms with Crippen molar-refractivity contribution in [1.29, 1.82) is 0 Å². The van der Waals surface area contributed by atoms with Gasteiger partial charge in [0.05, 0.1) is 16.9 Å². The second kappa shape index (κ2) is 10.0. The molecule has 31 heavy (non-hydrogen) atoms. The van der Waals surface area contributed by atoms with Gasteiger partial charge in [-0.15, -0.1) is 0 Å². The minimum Gasteiger partial charge on any atom is -0.371 e. The highest BCUT2D eigenvalue weighted by Gasteiger charge is 2.16. The molecule has 3 aromatic rings. The van der Waals surface area contributed by atoms with Crippen LogP contribution in [0.2, 0.25) is 0 Å². The maximum absolute atomic E-state index is 12.9. The van der Waals surface area contributed by atoms with E-state index in [0.29, 0.717) is 17.2 Å². The Balaban J connectivity index is 1.80. The number of pyridine rings is 1. The molecule has 7 nitrogen and oxygen atoms in total. The molecule has 0 unspecified atom stereocenters. The molecule has 2 aromatic heterocycles. The van der Waals surface area contributed by atoms with E-state index >= 15 is 0 Å². The number of carbonyl (C=O) groups is 1. The predicted molar refractivity (Wildman–Crippen MR) is 126 cm³/mol. The summed E-state index contributed by atoms with van der Waals surface area (Å²) in [6, 6.07) is 11.7. The first-order chi connectivity index (χ1) is 14.9. The van der Waals surface area contributed by atoms with Crippen molar-refractivity contribution < 1.29 is 4.79 Å². The lowest BCUT2D eigenvalue weighted by molar-refractivity contribution is 0.102. The van der Waals surface area contributed by atoms with Gasteiger partial charge < -0.3 is 15.1 Å². The molecule has 162 valence electrons. The van der Waals surface area contributed by atoms with Crippen LogP contribution in [-0.2, 0) is 0 Å². The number of nitrogens with zero attached hydrogens (tertiary/aromatic N) is 5. The molecule has 0 saturated carbocycles. The first kappa shape index (κ1) is 22.2. The van der Waals surface area contributed by atoms with E-state index in [-0.39, 0.29) is 5.91 Å². The highest BCUT2D eigenvalue weighted by Crippen LogP contribution is 2.30. The zero-order chi connectivity index (χ0) is 22.4. The van der Waals surface area contributed by atoms with Crippen molar-refractivity contribution in [2.45, 2.75) is 26.7 Å². The fourth-order valence-corrected chi connectivity index (χ4v) is 3.29. The molecule has 0 radical (unpaired) electrons. The summed E-state index contributed by atoms with van der Waals surface area (Å²) in [4.78, 5) is 29.6. The van der Waals surface area contributed by atoms with E-state index in [9.17, 15) is 4.79 Å². The summed E-state index contributed by atoms with van der Waals surface area (Å²) in [6.45, 7) is 7.71. The van der Waals surface area contributed by atoms with E-state index in [1.807, 2.05) is 33.2 Å². The minimum absolute atomic E-state index is 0.157. The molecule has 0 spiro atoms. The number of hydrogen-bond acceptors (Lipinski definition) is 6. The lowest BCUT2D eigenvalue weighted by Crippen LogP contribution is -2.31. The Hall–Kier alpha value is -3.48. The van der Waals surface area contributed by atoms with Crippen LogP contribution in [0.15, 0.2) is 55.1 Å². The predicted octanol–water partition coefficient (Wildman–Crippen LogP) is 4.13. The van der Waals surface area contributed by atoms with Gasteiger partial charge in [0.2, 0.25) is 0 Å². The quantitative estimate of drug-likeness (QED) is 0.593. The molecule has 0 atom stereocenters. The number of nitrogens with one attached hydrogen (secondary N) is 1. The number of carbonyl (C=O) groups excluding carboxylic acids is 1. The van der Waals surface area contributed by atoms with Gasteiger partial charge >= 0.3 is 0 Å². The lowest BCUT2D eigenvalue weighted by atomic mass is 10.0. The van der Waals surface area contributed by atoms with E-state index in [2.05, 4.69) is 56.0 Å². The summed E-state index contributed by atoms with van der Waals surface area (Å²) in [7, 11) is 4.05. The van der Waals surface area contributed by atoms with Crippen molar-refractivity contribution in [3.8, 4) is 0 Å². The van der Waals surface area contributed by atoms with Crippen LogP contribution >= 0.6 is 0 Å². The Kier molecular flexibility index (Phi) is 7.18. The van der Waals surface area contributed by atoms with E-state index < -0.39 is 0 Å². The molecular weight excluding hydrogens is 388 g/mol. The average molecular weight is 419 g/mol. The Bertz CT molecular complexity index is 1020. The van der Waals surface area contributed by atoms with Crippen LogP contribution in [-0.4, -0.2) is 48.0 Å². The largest absolute Gasteiger partial charge is 0.371 e. The maximum Gasteiger partial charge on any atom is 0.257 e. The molecule has 0 saturated heterocycles. The number of hydrogen-bond donors (Lipinski definition) is 1. The van der Waals surface area contributed by atoms with Crippen LogP contribution in [0.4, 0.5) is 17.2 Å². The molecule has 2 heterocycles. The van der Waals surface area contributed by atoms with Gasteiger partial charge in [-0.2, -0.15) is 0 Å². The SMILES string of the molecule is Cc1ncccc1C(=O)Nc1ccc(C(C)C)cc1N(C)CCN(C)c1ccncn1. The van der Waals surface area contributed by atoms with Gasteiger partial charge in [-0.25, -0.2) is 9.97 Å². The standard InChI is InChI=1S/C24H30N6O/c1-17(2)19-8-9-21(28-24(31)20-7-6-11-26-18(20)3)22(15-19)29(4)13-14-30(5)23-10-12-25-16-27-23/h6-12,15-17H,13-14H2,1-5H3,(H,28,31). The zero-order valence-electron chi connectivity index (χ0n) is 18.8. The fraction of sp³-hybridized carbons (Fsp3) is 0.333. The number of aromatic nitrogens is 3. The summed E-state index contributed by atoms with van der Waals surface area (Å²) in [5.41, 5.74) is 4.27. The van der Waals surface area contributed by atoms with E-state index in [1.54, 1.807) is 30.9 Å². The third-order valence-electron chi connectivity index (χ3n) is 5.33. The van der Waals surface area contributed by atoms with Crippen molar-refractivity contribution >= 4 is 23.1 Å². The maximum atomic E-state index is 12.9. The molecule has 0 bridgehead atoms. The number of likely N-dealkylation sites (N-methyl/N-ethyl adjacent to an activating group) is 2. The van der Waals surface area contributed by atoms with Gasteiger partial charge in [-0.05, 0) is 48.7 Å². The first-order valence-corrected chi connectivity index (χ1v) is 10.4. The minimum atomic E-state index is -0.157. The molecule has 7 heteroatoms. The van der Waals surface area contributed by atoms with Crippen LogP contribution in [0.25, 0.3) is 0 Å².